The summed E-state index contributed by atoms with van der Waals surface area (Å²) in [6.45, 7) is 4.69. The second-order valence-electron chi connectivity index (χ2n) is 4.61. The van der Waals surface area contributed by atoms with Gasteiger partial charge in [0.25, 0.3) is 0 Å². The van der Waals surface area contributed by atoms with E-state index in [1.165, 1.54) is 0 Å². The van der Waals surface area contributed by atoms with Crippen LogP contribution in [0.3, 0.4) is 0 Å². The van der Waals surface area contributed by atoms with Gasteiger partial charge in [-0.15, -0.1) is 0 Å². The van der Waals surface area contributed by atoms with E-state index in [2.05, 4.69) is 10.6 Å². The largest absolute Gasteiger partial charge is 0.481 e. The van der Waals surface area contributed by atoms with Crippen LogP contribution in [0.15, 0.2) is 0 Å². The summed E-state index contributed by atoms with van der Waals surface area (Å²) in [6, 6.07) is -0.428. The van der Waals surface area contributed by atoms with Gasteiger partial charge in [-0.3, -0.25) is 9.59 Å². The first kappa shape index (κ1) is 13.0. The van der Waals surface area contributed by atoms with Gasteiger partial charge in [0, 0.05) is 6.04 Å². The Bertz CT molecular complexity index is 260. The fourth-order valence-corrected chi connectivity index (χ4v) is 1.83. The molecule has 0 aromatic carbocycles. The second-order valence-corrected chi connectivity index (χ2v) is 4.61. The molecule has 1 aliphatic rings. The number of hydrogen-bond donors (Lipinski definition) is 3. The summed E-state index contributed by atoms with van der Waals surface area (Å²) < 4.78 is 0. The van der Waals surface area contributed by atoms with Gasteiger partial charge in [0.05, 0.1) is 12.5 Å². The summed E-state index contributed by atoms with van der Waals surface area (Å²) >= 11 is 0. The molecule has 1 aliphatic heterocycles. The SMILES string of the molecule is CC(C)C(CC(=O)O)NC(=O)C1CCCN1. The average molecular weight is 228 g/mol. The van der Waals surface area contributed by atoms with E-state index in [0.29, 0.717) is 0 Å². The highest BCUT2D eigenvalue weighted by Gasteiger charge is 2.26. The van der Waals surface area contributed by atoms with Gasteiger partial charge in [-0.1, -0.05) is 13.8 Å². The number of carboxylic acid groups (broad SMARTS) is 1. The van der Waals surface area contributed by atoms with Crippen molar-refractivity contribution in [1.82, 2.24) is 10.6 Å². The third-order valence-electron chi connectivity index (χ3n) is 2.90. The molecule has 5 heteroatoms. The lowest BCUT2D eigenvalue weighted by atomic mass is 10.0. The Balaban J connectivity index is 2.46. The number of aliphatic carboxylic acids is 1. The number of carbonyl (C=O) groups excluding carboxylic acids is 1. The van der Waals surface area contributed by atoms with Crippen LogP contribution in [0.5, 0.6) is 0 Å². The highest BCUT2D eigenvalue weighted by Crippen LogP contribution is 2.09. The number of carbonyl (C=O) groups is 2. The molecule has 0 aromatic rings. The molecule has 0 radical (unpaired) electrons. The quantitative estimate of drug-likeness (QED) is 0.634. The zero-order valence-corrected chi connectivity index (χ0v) is 9.82. The monoisotopic (exact) mass is 228 g/mol. The normalized spacial score (nSPS) is 22.1. The minimum Gasteiger partial charge on any atom is -0.481 e. The van der Waals surface area contributed by atoms with Crippen LogP contribution in [0.1, 0.15) is 33.1 Å². The van der Waals surface area contributed by atoms with Crippen molar-refractivity contribution in [3.8, 4) is 0 Å². The fourth-order valence-electron chi connectivity index (χ4n) is 1.83. The van der Waals surface area contributed by atoms with Crippen molar-refractivity contribution in [2.75, 3.05) is 6.54 Å². The van der Waals surface area contributed by atoms with E-state index in [9.17, 15) is 9.59 Å². The highest BCUT2D eigenvalue weighted by atomic mass is 16.4. The van der Waals surface area contributed by atoms with Gasteiger partial charge in [0.15, 0.2) is 0 Å². The van der Waals surface area contributed by atoms with E-state index in [1.54, 1.807) is 0 Å². The molecule has 1 amide bonds. The van der Waals surface area contributed by atoms with Crippen molar-refractivity contribution in [2.45, 2.75) is 45.2 Å². The Labute approximate surface area is 95.6 Å². The molecule has 0 saturated carbocycles. The molecule has 0 spiro atoms. The Kier molecular flexibility index (Phi) is 4.73. The summed E-state index contributed by atoms with van der Waals surface area (Å²) in [6.07, 6.45) is 1.82. The molecule has 2 unspecified atom stereocenters. The Hall–Kier alpha value is -1.10. The summed E-state index contributed by atoms with van der Waals surface area (Å²) in [4.78, 5) is 22.4. The molecule has 0 aliphatic carbocycles. The van der Waals surface area contributed by atoms with E-state index >= 15 is 0 Å². The maximum absolute atomic E-state index is 11.8. The molecule has 1 saturated heterocycles. The molecule has 16 heavy (non-hydrogen) atoms. The molecule has 0 aromatic heterocycles. The zero-order chi connectivity index (χ0) is 12.1. The van der Waals surface area contributed by atoms with Gasteiger partial charge in [0.1, 0.15) is 0 Å². The predicted octanol–water partition coefficient (Wildman–Crippen LogP) is 0.354. The van der Waals surface area contributed by atoms with Crippen LogP contribution in [0.4, 0.5) is 0 Å². The van der Waals surface area contributed by atoms with E-state index in [-0.39, 0.29) is 30.3 Å². The molecule has 2 atom stereocenters. The smallest absolute Gasteiger partial charge is 0.305 e. The Morgan fingerprint density at radius 3 is 2.62 bits per heavy atom. The summed E-state index contributed by atoms with van der Waals surface area (Å²) in [5.74, 6) is -0.822. The van der Waals surface area contributed by atoms with Crippen molar-refractivity contribution >= 4 is 11.9 Å². The Morgan fingerprint density at radius 1 is 1.50 bits per heavy atom. The summed E-state index contributed by atoms with van der Waals surface area (Å²) in [5.41, 5.74) is 0. The first-order valence-corrected chi connectivity index (χ1v) is 5.76. The van der Waals surface area contributed by atoms with Crippen LogP contribution in [-0.2, 0) is 9.59 Å². The van der Waals surface area contributed by atoms with Gasteiger partial charge >= 0.3 is 5.97 Å². The van der Waals surface area contributed by atoms with Crippen molar-refractivity contribution in [3.63, 3.8) is 0 Å². The average Bonchev–Trinajstić information content (AvgIpc) is 2.68. The lowest BCUT2D eigenvalue weighted by Crippen LogP contribution is -2.47. The highest BCUT2D eigenvalue weighted by molar-refractivity contribution is 5.82. The fraction of sp³-hybridized carbons (Fsp3) is 0.818. The van der Waals surface area contributed by atoms with Gasteiger partial charge in [0.2, 0.25) is 5.91 Å². The number of hydrogen-bond acceptors (Lipinski definition) is 3. The van der Waals surface area contributed by atoms with Crippen LogP contribution in [0.25, 0.3) is 0 Å². The molecular weight excluding hydrogens is 208 g/mol. The first-order chi connectivity index (χ1) is 7.50. The van der Waals surface area contributed by atoms with Gasteiger partial charge < -0.3 is 15.7 Å². The minimum absolute atomic E-state index is 0.0177. The second kappa shape index (κ2) is 5.84. The molecule has 0 bridgehead atoms. The molecule has 92 valence electrons. The van der Waals surface area contributed by atoms with Gasteiger partial charge in [-0.25, -0.2) is 0 Å². The predicted molar refractivity (Wildman–Crippen MR) is 60.0 cm³/mol. The topological polar surface area (TPSA) is 78.4 Å². The molecular formula is C11H20N2O3. The van der Waals surface area contributed by atoms with E-state index in [1.807, 2.05) is 13.8 Å². The molecule has 1 fully saturated rings. The van der Waals surface area contributed by atoms with E-state index in [0.717, 1.165) is 19.4 Å². The van der Waals surface area contributed by atoms with Crippen molar-refractivity contribution in [3.05, 3.63) is 0 Å². The van der Waals surface area contributed by atoms with Crippen LogP contribution < -0.4 is 10.6 Å². The summed E-state index contributed by atoms with van der Waals surface area (Å²) in [5, 5.41) is 14.6. The van der Waals surface area contributed by atoms with E-state index < -0.39 is 5.97 Å². The van der Waals surface area contributed by atoms with Gasteiger partial charge in [-0.05, 0) is 25.3 Å². The van der Waals surface area contributed by atoms with E-state index in [4.69, 9.17) is 5.11 Å². The number of amides is 1. The Morgan fingerprint density at radius 2 is 2.19 bits per heavy atom. The maximum atomic E-state index is 11.8. The van der Waals surface area contributed by atoms with Crippen molar-refractivity contribution in [2.24, 2.45) is 5.92 Å². The number of rotatable bonds is 5. The van der Waals surface area contributed by atoms with Crippen molar-refractivity contribution in [1.29, 1.82) is 0 Å². The van der Waals surface area contributed by atoms with Crippen LogP contribution in [-0.4, -0.2) is 35.6 Å². The van der Waals surface area contributed by atoms with Crippen molar-refractivity contribution < 1.29 is 14.7 Å². The number of nitrogens with one attached hydrogen (secondary N) is 2. The molecule has 5 nitrogen and oxygen atoms in total. The van der Waals surface area contributed by atoms with Crippen LogP contribution in [0.2, 0.25) is 0 Å². The lowest BCUT2D eigenvalue weighted by molar-refractivity contribution is -0.138. The number of carboxylic acids is 1. The minimum atomic E-state index is -0.876. The van der Waals surface area contributed by atoms with Crippen LogP contribution in [0, 0.1) is 5.92 Å². The molecule has 1 heterocycles. The third kappa shape index (κ3) is 3.81. The lowest BCUT2D eigenvalue weighted by Gasteiger charge is -2.22. The standard InChI is InChI=1S/C11H20N2O3/c1-7(2)9(6-10(14)15)13-11(16)8-4-3-5-12-8/h7-9,12H,3-6H2,1-2H3,(H,13,16)(H,14,15). The van der Waals surface area contributed by atoms with Gasteiger partial charge in [-0.2, -0.15) is 0 Å². The molecule has 1 rings (SSSR count). The first-order valence-electron chi connectivity index (χ1n) is 5.76. The zero-order valence-electron chi connectivity index (χ0n) is 9.82. The maximum Gasteiger partial charge on any atom is 0.305 e. The third-order valence-corrected chi connectivity index (χ3v) is 2.90. The van der Waals surface area contributed by atoms with Crippen LogP contribution >= 0.6 is 0 Å². The summed E-state index contributed by atoms with van der Waals surface area (Å²) in [7, 11) is 0. The molecule has 3 N–H and O–H groups in total.